The lowest BCUT2D eigenvalue weighted by molar-refractivity contribution is -0.384. The second kappa shape index (κ2) is 5.09. The minimum atomic E-state index is -1.21. The summed E-state index contributed by atoms with van der Waals surface area (Å²) in [4.78, 5) is 23.2. The summed E-state index contributed by atoms with van der Waals surface area (Å²) in [6, 6.07) is 3.77. The molecule has 1 atom stereocenters. The highest BCUT2D eigenvalue weighted by Crippen LogP contribution is 2.30. The Bertz CT molecular complexity index is 556. The Kier molecular flexibility index (Phi) is 3.63. The van der Waals surface area contributed by atoms with E-state index in [-0.39, 0.29) is 11.3 Å². The zero-order valence-corrected chi connectivity index (χ0v) is 11.1. The maximum Gasteiger partial charge on any atom is 0.338 e. The predicted molar refractivity (Wildman–Crippen MR) is 72.1 cm³/mol. The quantitative estimate of drug-likeness (QED) is 0.644. The van der Waals surface area contributed by atoms with Crippen LogP contribution in [-0.4, -0.2) is 39.8 Å². The van der Waals surface area contributed by atoms with E-state index in [4.69, 9.17) is 0 Å². The molecular formula is C13H16N2O5. The van der Waals surface area contributed by atoms with E-state index in [1.54, 1.807) is 11.8 Å². The molecule has 0 bridgehead atoms. The molecule has 108 valence electrons. The largest absolute Gasteiger partial charge is 0.478 e. The number of hydrogen-bond donors (Lipinski definition) is 2. The summed E-state index contributed by atoms with van der Waals surface area (Å²) in [5, 5.41) is 30.0. The van der Waals surface area contributed by atoms with Gasteiger partial charge >= 0.3 is 5.97 Å². The molecule has 1 aromatic rings. The molecule has 0 aliphatic carbocycles. The summed E-state index contributed by atoms with van der Waals surface area (Å²) in [6.07, 6.45) is 1.39. The third-order valence-corrected chi connectivity index (χ3v) is 3.44. The normalized spacial score (nSPS) is 22.6. The van der Waals surface area contributed by atoms with Gasteiger partial charge in [0.1, 0.15) is 0 Å². The maximum atomic E-state index is 11.3. The van der Waals surface area contributed by atoms with Gasteiger partial charge in [-0.3, -0.25) is 10.1 Å². The van der Waals surface area contributed by atoms with Gasteiger partial charge in [0, 0.05) is 25.2 Å². The van der Waals surface area contributed by atoms with E-state index in [9.17, 15) is 25.1 Å². The Hall–Kier alpha value is -2.15. The molecule has 0 radical (unpaired) electrons. The summed E-state index contributed by atoms with van der Waals surface area (Å²) in [7, 11) is 0. The van der Waals surface area contributed by atoms with E-state index in [1.807, 2.05) is 0 Å². The van der Waals surface area contributed by atoms with Crippen molar-refractivity contribution in [1.82, 2.24) is 0 Å². The van der Waals surface area contributed by atoms with Gasteiger partial charge in [0.2, 0.25) is 0 Å². The second-order valence-corrected chi connectivity index (χ2v) is 5.29. The van der Waals surface area contributed by atoms with Gasteiger partial charge in [-0.1, -0.05) is 0 Å². The number of nitro groups is 1. The number of piperidine rings is 1. The van der Waals surface area contributed by atoms with Crippen LogP contribution >= 0.6 is 0 Å². The number of non-ortho nitro benzene ring substituents is 1. The van der Waals surface area contributed by atoms with E-state index >= 15 is 0 Å². The fraction of sp³-hybridized carbons (Fsp3) is 0.462. The van der Waals surface area contributed by atoms with Crippen LogP contribution in [0.5, 0.6) is 0 Å². The molecule has 0 saturated carbocycles. The molecule has 0 amide bonds. The number of nitrogens with zero attached hydrogens (tertiary/aromatic N) is 2. The maximum absolute atomic E-state index is 11.3. The minimum Gasteiger partial charge on any atom is -0.478 e. The van der Waals surface area contributed by atoms with Gasteiger partial charge in [0.25, 0.3) is 5.69 Å². The summed E-state index contributed by atoms with van der Waals surface area (Å²) in [5.41, 5.74) is -0.842. The molecule has 1 saturated heterocycles. The van der Waals surface area contributed by atoms with Crippen LogP contribution in [-0.2, 0) is 0 Å². The lowest BCUT2D eigenvalue weighted by Gasteiger charge is -2.38. The van der Waals surface area contributed by atoms with Gasteiger partial charge in [-0.2, -0.15) is 0 Å². The van der Waals surface area contributed by atoms with Crippen molar-refractivity contribution in [3.8, 4) is 0 Å². The van der Waals surface area contributed by atoms with Crippen molar-refractivity contribution in [2.24, 2.45) is 0 Å². The van der Waals surface area contributed by atoms with E-state index in [2.05, 4.69) is 0 Å². The molecule has 1 heterocycles. The lowest BCUT2D eigenvalue weighted by Crippen LogP contribution is -2.46. The minimum absolute atomic E-state index is 0.114. The molecule has 0 aromatic heterocycles. The van der Waals surface area contributed by atoms with Crippen LogP contribution in [0.15, 0.2) is 18.2 Å². The van der Waals surface area contributed by atoms with Crippen LogP contribution in [0, 0.1) is 10.1 Å². The number of aromatic carboxylic acids is 1. The van der Waals surface area contributed by atoms with Crippen molar-refractivity contribution in [3.05, 3.63) is 33.9 Å². The standard InChI is InChI=1S/C13H16N2O5/c1-13(18)5-2-6-14(8-13)11-4-3-9(15(19)20)7-10(11)12(16)17/h3-4,7,18H,2,5-6,8H2,1H3,(H,16,17). The van der Waals surface area contributed by atoms with Gasteiger partial charge in [-0.25, -0.2) is 4.79 Å². The smallest absolute Gasteiger partial charge is 0.338 e. The van der Waals surface area contributed by atoms with Crippen LogP contribution in [0.2, 0.25) is 0 Å². The summed E-state index contributed by atoms with van der Waals surface area (Å²) < 4.78 is 0. The molecule has 1 unspecified atom stereocenters. The van der Waals surface area contributed by atoms with E-state index < -0.39 is 16.5 Å². The molecule has 2 rings (SSSR count). The first-order valence-electron chi connectivity index (χ1n) is 6.29. The Balaban J connectivity index is 2.40. The molecule has 20 heavy (non-hydrogen) atoms. The van der Waals surface area contributed by atoms with Gasteiger partial charge in [0.05, 0.1) is 21.8 Å². The number of nitro benzene ring substituents is 1. The van der Waals surface area contributed by atoms with E-state index in [0.29, 0.717) is 25.2 Å². The molecule has 1 aliphatic heterocycles. The van der Waals surface area contributed by atoms with Crippen molar-refractivity contribution in [2.45, 2.75) is 25.4 Å². The Morgan fingerprint density at radius 1 is 1.50 bits per heavy atom. The fourth-order valence-electron chi connectivity index (χ4n) is 2.51. The first-order chi connectivity index (χ1) is 9.30. The van der Waals surface area contributed by atoms with Crippen molar-refractivity contribution in [1.29, 1.82) is 0 Å². The van der Waals surface area contributed by atoms with Crippen LogP contribution in [0.1, 0.15) is 30.1 Å². The zero-order valence-electron chi connectivity index (χ0n) is 11.1. The number of carbonyl (C=O) groups is 1. The summed E-state index contributed by atoms with van der Waals surface area (Å²) in [5.74, 6) is -1.21. The molecule has 1 aromatic carbocycles. The van der Waals surface area contributed by atoms with Crippen molar-refractivity contribution < 1.29 is 19.9 Å². The van der Waals surface area contributed by atoms with Crippen molar-refractivity contribution >= 4 is 17.3 Å². The van der Waals surface area contributed by atoms with Crippen LogP contribution in [0.3, 0.4) is 0 Å². The first kappa shape index (κ1) is 14.3. The molecule has 7 heteroatoms. The predicted octanol–water partition coefficient (Wildman–Crippen LogP) is 1.64. The SMILES string of the molecule is CC1(O)CCCN(c2ccc([N+](=O)[O-])cc2C(=O)O)C1. The third kappa shape index (κ3) is 2.88. The van der Waals surface area contributed by atoms with Gasteiger partial charge < -0.3 is 15.1 Å². The molecule has 7 nitrogen and oxygen atoms in total. The molecule has 2 N–H and O–H groups in total. The van der Waals surface area contributed by atoms with Gasteiger partial charge in [-0.15, -0.1) is 0 Å². The summed E-state index contributed by atoms with van der Waals surface area (Å²) >= 11 is 0. The third-order valence-electron chi connectivity index (χ3n) is 3.44. The van der Waals surface area contributed by atoms with Crippen LogP contribution in [0.4, 0.5) is 11.4 Å². The lowest BCUT2D eigenvalue weighted by atomic mass is 9.94. The number of carboxylic acids is 1. The van der Waals surface area contributed by atoms with Crippen molar-refractivity contribution in [2.75, 3.05) is 18.0 Å². The number of carboxylic acid groups (broad SMARTS) is 1. The monoisotopic (exact) mass is 280 g/mol. The molecular weight excluding hydrogens is 264 g/mol. The topological polar surface area (TPSA) is 104 Å². The summed E-state index contributed by atoms with van der Waals surface area (Å²) in [6.45, 7) is 2.63. The number of aliphatic hydroxyl groups is 1. The van der Waals surface area contributed by atoms with Gasteiger partial charge in [0.15, 0.2) is 0 Å². The highest BCUT2D eigenvalue weighted by molar-refractivity contribution is 5.95. The zero-order chi connectivity index (χ0) is 14.9. The van der Waals surface area contributed by atoms with E-state index in [0.717, 1.165) is 12.5 Å². The Morgan fingerprint density at radius 2 is 2.20 bits per heavy atom. The molecule has 0 spiro atoms. The Morgan fingerprint density at radius 3 is 2.75 bits per heavy atom. The number of rotatable bonds is 3. The number of hydrogen-bond acceptors (Lipinski definition) is 5. The van der Waals surface area contributed by atoms with Crippen LogP contribution < -0.4 is 4.90 Å². The van der Waals surface area contributed by atoms with E-state index in [1.165, 1.54) is 12.1 Å². The number of anilines is 1. The average Bonchev–Trinajstić information content (AvgIpc) is 2.36. The fourth-order valence-corrected chi connectivity index (χ4v) is 2.51. The van der Waals surface area contributed by atoms with Crippen molar-refractivity contribution in [3.63, 3.8) is 0 Å². The van der Waals surface area contributed by atoms with Gasteiger partial charge in [-0.05, 0) is 25.8 Å². The number of β-amino-alcohol motifs (C(OH)–C–C–N with tert-alkyl or cyclic N) is 1. The number of benzene rings is 1. The highest BCUT2D eigenvalue weighted by Gasteiger charge is 2.30. The first-order valence-corrected chi connectivity index (χ1v) is 6.29. The molecule has 1 fully saturated rings. The average molecular weight is 280 g/mol. The Labute approximate surface area is 115 Å². The molecule has 1 aliphatic rings. The highest BCUT2D eigenvalue weighted by atomic mass is 16.6. The second-order valence-electron chi connectivity index (χ2n) is 5.29. The van der Waals surface area contributed by atoms with Crippen LogP contribution in [0.25, 0.3) is 0 Å².